The quantitative estimate of drug-likeness (QED) is 0.907. The minimum absolute atomic E-state index is 0.134. The number of carbonyl (C=O) groups is 1. The molecule has 4 heteroatoms. The van der Waals surface area contributed by atoms with Crippen molar-refractivity contribution >= 4 is 11.6 Å². The van der Waals surface area contributed by atoms with Gasteiger partial charge in [-0.2, -0.15) is 0 Å². The van der Waals surface area contributed by atoms with Crippen LogP contribution in [0.15, 0.2) is 48.5 Å². The van der Waals surface area contributed by atoms with Gasteiger partial charge in [0.25, 0.3) is 0 Å². The summed E-state index contributed by atoms with van der Waals surface area (Å²) in [7, 11) is 0. The summed E-state index contributed by atoms with van der Waals surface area (Å²) in [4.78, 5) is 14.3. The lowest BCUT2D eigenvalue weighted by molar-refractivity contribution is -0.119. The number of hydrogen-bond donors (Lipinski definition) is 2. The monoisotopic (exact) mass is 284 g/mol. The molecule has 110 valence electrons. The second kappa shape index (κ2) is 6.41. The van der Waals surface area contributed by atoms with Gasteiger partial charge >= 0.3 is 0 Å². The zero-order chi connectivity index (χ0) is 15.4. The number of phenols is 1. The number of aromatic hydroxyl groups is 1. The highest BCUT2D eigenvalue weighted by Gasteiger charge is 2.23. The predicted octanol–water partition coefficient (Wildman–Crippen LogP) is 2.75. The lowest BCUT2D eigenvalue weighted by atomic mass is 10.1. The summed E-state index contributed by atoms with van der Waals surface area (Å²) in [6.45, 7) is 4.28. The van der Waals surface area contributed by atoms with E-state index in [0.29, 0.717) is 12.2 Å². The highest BCUT2D eigenvalue weighted by atomic mass is 16.3. The van der Waals surface area contributed by atoms with Crippen LogP contribution in [0.5, 0.6) is 5.75 Å². The van der Waals surface area contributed by atoms with Gasteiger partial charge in [0, 0.05) is 12.6 Å². The maximum absolute atomic E-state index is 12.7. The van der Waals surface area contributed by atoms with Gasteiger partial charge in [-0.15, -0.1) is 0 Å². The number of nitrogens with zero attached hydrogens (tertiary/aromatic N) is 1. The summed E-state index contributed by atoms with van der Waals surface area (Å²) in [5.41, 5.74) is 8.47. The van der Waals surface area contributed by atoms with E-state index in [1.807, 2.05) is 44.2 Å². The number of carbonyl (C=O) groups excluding carboxylic acids is 1. The summed E-state index contributed by atoms with van der Waals surface area (Å²) >= 11 is 0. The minimum Gasteiger partial charge on any atom is -0.508 e. The molecule has 0 aliphatic carbocycles. The maximum Gasteiger partial charge on any atom is 0.248 e. The van der Waals surface area contributed by atoms with Crippen LogP contribution in [0.1, 0.15) is 24.1 Å². The van der Waals surface area contributed by atoms with Crippen molar-refractivity contribution in [1.82, 2.24) is 0 Å². The SMILES string of the molecule is CCN(C(=O)[C@@H](N)c1ccccc1)c1cc(O)ccc1C. The third kappa shape index (κ3) is 3.23. The van der Waals surface area contributed by atoms with E-state index in [1.165, 1.54) is 0 Å². The lowest BCUT2D eigenvalue weighted by Gasteiger charge is -2.26. The van der Waals surface area contributed by atoms with E-state index < -0.39 is 6.04 Å². The maximum atomic E-state index is 12.7. The fraction of sp³-hybridized carbons (Fsp3) is 0.235. The van der Waals surface area contributed by atoms with E-state index in [4.69, 9.17) is 5.73 Å². The molecule has 3 N–H and O–H groups in total. The molecule has 0 bridgehead atoms. The van der Waals surface area contributed by atoms with Crippen molar-refractivity contribution in [2.75, 3.05) is 11.4 Å². The van der Waals surface area contributed by atoms with Crippen molar-refractivity contribution in [3.63, 3.8) is 0 Å². The van der Waals surface area contributed by atoms with E-state index in [2.05, 4.69) is 0 Å². The Balaban J connectivity index is 2.33. The molecule has 4 nitrogen and oxygen atoms in total. The molecule has 0 radical (unpaired) electrons. The third-order valence-corrected chi connectivity index (χ3v) is 3.49. The Morgan fingerprint density at radius 2 is 1.90 bits per heavy atom. The molecule has 2 rings (SSSR count). The average molecular weight is 284 g/mol. The first-order valence-corrected chi connectivity index (χ1v) is 6.96. The summed E-state index contributed by atoms with van der Waals surface area (Å²) in [6, 6.07) is 13.6. The molecule has 0 heterocycles. The Hall–Kier alpha value is -2.33. The number of benzene rings is 2. The fourth-order valence-electron chi connectivity index (χ4n) is 2.30. The van der Waals surface area contributed by atoms with Crippen LogP contribution >= 0.6 is 0 Å². The molecule has 0 unspecified atom stereocenters. The normalized spacial score (nSPS) is 12.0. The standard InChI is InChI=1S/C17H20N2O2/c1-3-19(15-11-14(20)10-9-12(15)2)17(21)16(18)13-7-5-4-6-8-13/h4-11,16,20H,3,18H2,1-2H3/t16-/m0/s1. The molecule has 1 atom stereocenters. The first-order chi connectivity index (χ1) is 10.0. The van der Waals surface area contributed by atoms with E-state index in [1.54, 1.807) is 23.1 Å². The number of hydrogen-bond acceptors (Lipinski definition) is 3. The Labute approximate surface area is 124 Å². The average Bonchev–Trinajstić information content (AvgIpc) is 2.51. The van der Waals surface area contributed by atoms with Crippen LogP contribution in [-0.2, 0) is 4.79 Å². The van der Waals surface area contributed by atoms with E-state index >= 15 is 0 Å². The van der Waals surface area contributed by atoms with Crippen LogP contribution < -0.4 is 10.6 Å². The Morgan fingerprint density at radius 1 is 1.24 bits per heavy atom. The molecule has 1 amide bonds. The third-order valence-electron chi connectivity index (χ3n) is 3.49. The van der Waals surface area contributed by atoms with Gasteiger partial charge in [-0.25, -0.2) is 0 Å². The molecule has 0 aliphatic rings. The summed E-state index contributed by atoms with van der Waals surface area (Å²) in [6.07, 6.45) is 0. The zero-order valence-electron chi connectivity index (χ0n) is 12.3. The molecular weight excluding hydrogens is 264 g/mol. The summed E-state index contributed by atoms with van der Waals surface area (Å²) in [5, 5.41) is 9.65. The van der Waals surface area contributed by atoms with Gasteiger partial charge in [-0.1, -0.05) is 36.4 Å². The van der Waals surface area contributed by atoms with Crippen molar-refractivity contribution in [2.24, 2.45) is 5.73 Å². The van der Waals surface area contributed by atoms with Crippen molar-refractivity contribution in [3.8, 4) is 5.75 Å². The highest BCUT2D eigenvalue weighted by Crippen LogP contribution is 2.27. The van der Waals surface area contributed by atoms with Gasteiger partial charge in [0.1, 0.15) is 11.8 Å². The van der Waals surface area contributed by atoms with Crippen LogP contribution in [-0.4, -0.2) is 17.6 Å². The molecule has 2 aromatic carbocycles. The molecule has 2 aromatic rings. The molecule has 0 fully saturated rings. The molecule has 0 aliphatic heterocycles. The number of likely N-dealkylation sites (N-methyl/N-ethyl adjacent to an activating group) is 1. The minimum atomic E-state index is -0.715. The van der Waals surface area contributed by atoms with Gasteiger partial charge in [0.15, 0.2) is 0 Å². The molecular formula is C17H20N2O2. The number of rotatable bonds is 4. The predicted molar refractivity (Wildman–Crippen MR) is 84.2 cm³/mol. The smallest absolute Gasteiger partial charge is 0.248 e. The molecule has 0 saturated heterocycles. The largest absolute Gasteiger partial charge is 0.508 e. The Morgan fingerprint density at radius 3 is 2.52 bits per heavy atom. The Kier molecular flexibility index (Phi) is 4.60. The Bertz CT molecular complexity index is 626. The van der Waals surface area contributed by atoms with Crippen LogP contribution in [0.25, 0.3) is 0 Å². The second-order valence-corrected chi connectivity index (χ2v) is 4.94. The highest BCUT2D eigenvalue weighted by molar-refractivity contribution is 5.98. The lowest BCUT2D eigenvalue weighted by Crippen LogP contribution is -2.38. The molecule has 21 heavy (non-hydrogen) atoms. The van der Waals surface area contributed by atoms with Gasteiger partial charge in [-0.3, -0.25) is 4.79 Å². The van der Waals surface area contributed by atoms with Crippen LogP contribution in [0, 0.1) is 6.92 Å². The van der Waals surface area contributed by atoms with Crippen LogP contribution in [0.2, 0.25) is 0 Å². The molecule has 0 saturated carbocycles. The van der Waals surface area contributed by atoms with Crippen LogP contribution in [0.3, 0.4) is 0 Å². The first kappa shape index (κ1) is 15.1. The van der Waals surface area contributed by atoms with E-state index in [0.717, 1.165) is 11.1 Å². The first-order valence-electron chi connectivity index (χ1n) is 6.96. The zero-order valence-corrected chi connectivity index (χ0v) is 12.3. The van der Waals surface area contributed by atoms with E-state index in [9.17, 15) is 9.90 Å². The molecule has 0 spiro atoms. The second-order valence-electron chi connectivity index (χ2n) is 4.94. The van der Waals surface area contributed by atoms with Crippen molar-refractivity contribution in [2.45, 2.75) is 19.9 Å². The van der Waals surface area contributed by atoms with Gasteiger partial charge < -0.3 is 15.7 Å². The number of anilines is 1. The van der Waals surface area contributed by atoms with Crippen LogP contribution in [0.4, 0.5) is 5.69 Å². The summed E-state index contributed by atoms with van der Waals surface area (Å²) < 4.78 is 0. The fourth-order valence-corrected chi connectivity index (χ4v) is 2.30. The van der Waals surface area contributed by atoms with Gasteiger partial charge in [0.05, 0.1) is 5.69 Å². The van der Waals surface area contributed by atoms with Crippen molar-refractivity contribution in [1.29, 1.82) is 0 Å². The van der Waals surface area contributed by atoms with Crippen molar-refractivity contribution in [3.05, 3.63) is 59.7 Å². The van der Waals surface area contributed by atoms with Gasteiger partial charge in [-0.05, 0) is 31.0 Å². The van der Waals surface area contributed by atoms with Crippen molar-refractivity contribution < 1.29 is 9.90 Å². The number of nitrogens with two attached hydrogens (primary N) is 1. The summed E-state index contributed by atoms with van der Waals surface area (Å²) in [5.74, 6) is -0.0486. The topological polar surface area (TPSA) is 66.6 Å². The molecule has 0 aromatic heterocycles. The van der Waals surface area contributed by atoms with E-state index in [-0.39, 0.29) is 11.7 Å². The number of amides is 1. The number of aryl methyl sites for hydroxylation is 1. The van der Waals surface area contributed by atoms with Gasteiger partial charge in [0.2, 0.25) is 5.91 Å². The number of phenolic OH excluding ortho intramolecular Hbond substituents is 1.